The SMILES string of the molecule is CCOCc1ccccc1CNCC(C)(C)CO. The predicted molar refractivity (Wildman–Crippen MR) is 74.3 cm³/mol. The van der Waals surface area contributed by atoms with E-state index < -0.39 is 0 Å². The zero-order valence-electron chi connectivity index (χ0n) is 11.7. The van der Waals surface area contributed by atoms with Crippen molar-refractivity contribution in [2.75, 3.05) is 19.8 Å². The lowest BCUT2D eigenvalue weighted by Crippen LogP contribution is -2.32. The molecular formula is C15H25NO2. The quantitative estimate of drug-likeness (QED) is 0.745. The zero-order valence-corrected chi connectivity index (χ0v) is 11.7. The van der Waals surface area contributed by atoms with Gasteiger partial charge in [-0.1, -0.05) is 38.1 Å². The Morgan fingerprint density at radius 2 is 1.89 bits per heavy atom. The van der Waals surface area contributed by atoms with Gasteiger partial charge in [0.05, 0.1) is 6.61 Å². The van der Waals surface area contributed by atoms with Gasteiger partial charge in [0.25, 0.3) is 0 Å². The van der Waals surface area contributed by atoms with Crippen LogP contribution in [0.4, 0.5) is 0 Å². The third-order valence-corrected chi connectivity index (χ3v) is 2.93. The number of ether oxygens (including phenoxy) is 1. The molecule has 0 aliphatic rings. The van der Waals surface area contributed by atoms with E-state index in [4.69, 9.17) is 4.74 Å². The van der Waals surface area contributed by atoms with Crippen LogP contribution in [-0.4, -0.2) is 24.9 Å². The normalized spacial score (nSPS) is 11.8. The second-order valence-electron chi connectivity index (χ2n) is 5.33. The molecule has 0 atom stereocenters. The fourth-order valence-corrected chi connectivity index (χ4v) is 1.67. The van der Waals surface area contributed by atoms with Gasteiger partial charge in [0.1, 0.15) is 0 Å². The van der Waals surface area contributed by atoms with E-state index >= 15 is 0 Å². The van der Waals surface area contributed by atoms with Crippen molar-refractivity contribution < 1.29 is 9.84 Å². The molecule has 0 amide bonds. The van der Waals surface area contributed by atoms with Crippen LogP contribution in [0.15, 0.2) is 24.3 Å². The molecule has 3 heteroatoms. The van der Waals surface area contributed by atoms with Crippen LogP contribution in [0.1, 0.15) is 31.9 Å². The van der Waals surface area contributed by atoms with Crippen LogP contribution in [0.3, 0.4) is 0 Å². The van der Waals surface area contributed by atoms with Gasteiger partial charge >= 0.3 is 0 Å². The smallest absolute Gasteiger partial charge is 0.0719 e. The van der Waals surface area contributed by atoms with Crippen molar-refractivity contribution in [3.63, 3.8) is 0 Å². The van der Waals surface area contributed by atoms with Crippen LogP contribution in [-0.2, 0) is 17.9 Å². The summed E-state index contributed by atoms with van der Waals surface area (Å²) in [5.41, 5.74) is 2.42. The van der Waals surface area contributed by atoms with Gasteiger partial charge in [-0.3, -0.25) is 0 Å². The Kier molecular flexibility index (Phi) is 6.33. The van der Waals surface area contributed by atoms with Gasteiger partial charge in [-0.25, -0.2) is 0 Å². The minimum atomic E-state index is -0.0745. The van der Waals surface area contributed by atoms with Gasteiger partial charge in [0.15, 0.2) is 0 Å². The molecular weight excluding hydrogens is 226 g/mol. The van der Waals surface area contributed by atoms with Crippen molar-refractivity contribution in [2.24, 2.45) is 5.41 Å². The Labute approximate surface area is 110 Å². The highest BCUT2D eigenvalue weighted by Gasteiger charge is 2.15. The summed E-state index contributed by atoms with van der Waals surface area (Å²) in [6.07, 6.45) is 0. The van der Waals surface area contributed by atoms with Gasteiger partial charge in [0, 0.05) is 31.7 Å². The van der Waals surface area contributed by atoms with Gasteiger partial charge in [-0.05, 0) is 18.1 Å². The van der Waals surface area contributed by atoms with E-state index in [-0.39, 0.29) is 12.0 Å². The molecule has 1 rings (SSSR count). The minimum Gasteiger partial charge on any atom is -0.396 e. The Balaban J connectivity index is 2.51. The Hall–Kier alpha value is -0.900. The topological polar surface area (TPSA) is 41.5 Å². The summed E-state index contributed by atoms with van der Waals surface area (Å²) in [5.74, 6) is 0. The van der Waals surface area contributed by atoms with Crippen LogP contribution < -0.4 is 5.32 Å². The number of nitrogens with one attached hydrogen (secondary N) is 1. The van der Waals surface area contributed by atoms with E-state index in [0.29, 0.717) is 6.61 Å². The van der Waals surface area contributed by atoms with E-state index in [0.717, 1.165) is 19.7 Å². The van der Waals surface area contributed by atoms with Crippen molar-refractivity contribution in [2.45, 2.75) is 33.9 Å². The molecule has 1 aromatic carbocycles. The summed E-state index contributed by atoms with van der Waals surface area (Å²) in [6, 6.07) is 8.30. The summed E-state index contributed by atoms with van der Waals surface area (Å²) in [5, 5.41) is 12.6. The first-order chi connectivity index (χ1) is 8.59. The first-order valence-corrected chi connectivity index (χ1v) is 6.55. The van der Waals surface area contributed by atoms with E-state index in [1.165, 1.54) is 11.1 Å². The average Bonchev–Trinajstić information content (AvgIpc) is 2.37. The summed E-state index contributed by atoms with van der Waals surface area (Å²) in [4.78, 5) is 0. The molecule has 3 nitrogen and oxygen atoms in total. The third-order valence-electron chi connectivity index (χ3n) is 2.93. The van der Waals surface area contributed by atoms with Crippen LogP contribution in [0.25, 0.3) is 0 Å². The molecule has 0 aromatic heterocycles. The maximum absolute atomic E-state index is 9.20. The van der Waals surface area contributed by atoms with Crippen LogP contribution in [0.2, 0.25) is 0 Å². The standard InChI is InChI=1S/C15H25NO2/c1-4-18-10-14-8-6-5-7-13(14)9-16-11-15(2,3)12-17/h5-8,16-17H,4,9-12H2,1-3H3. The lowest BCUT2D eigenvalue weighted by Gasteiger charge is -2.22. The van der Waals surface area contributed by atoms with Crippen LogP contribution in [0, 0.1) is 5.41 Å². The summed E-state index contributed by atoms with van der Waals surface area (Å²) in [6.45, 7) is 9.31. The van der Waals surface area contributed by atoms with Crippen LogP contribution in [0.5, 0.6) is 0 Å². The van der Waals surface area contributed by atoms with Gasteiger partial charge in [-0.2, -0.15) is 0 Å². The summed E-state index contributed by atoms with van der Waals surface area (Å²) in [7, 11) is 0. The van der Waals surface area contributed by atoms with Gasteiger partial charge in [-0.15, -0.1) is 0 Å². The lowest BCUT2D eigenvalue weighted by molar-refractivity contribution is 0.133. The molecule has 2 N–H and O–H groups in total. The Bertz CT molecular complexity index is 350. The van der Waals surface area contributed by atoms with Crippen molar-refractivity contribution in [3.05, 3.63) is 35.4 Å². The van der Waals surface area contributed by atoms with Crippen molar-refractivity contribution >= 4 is 0 Å². The molecule has 0 bridgehead atoms. The number of benzene rings is 1. The number of hydrogen-bond donors (Lipinski definition) is 2. The summed E-state index contributed by atoms with van der Waals surface area (Å²) >= 11 is 0. The number of rotatable bonds is 8. The van der Waals surface area contributed by atoms with Gasteiger partial charge < -0.3 is 15.2 Å². The van der Waals surface area contributed by atoms with E-state index in [2.05, 4.69) is 17.4 Å². The number of aliphatic hydroxyl groups is 1. The lowest BCUT2D eigenvalue weighted by atomic mass is 9.95. The molecule has 0 spiro atoms. The molecule has 1 aromatic rings. The monoisotopic (exact) mass is 251 g/mol. The van der Waals surface area contributed by atoms with E-state index in [1.807, 2.05) is 32.9 Å². The second kappa shape index (κ2) is 7.52. The molecule has 0 aliphatic carbocycles. The molecule has 0 radical (unpaired) electrons. The highest BCUT2D eigenvalue weighted by Crippen LogP contribution is 2.13. The molecule has 0 heterocycles. The predicted octanol–water partition coefficient (Wildman–Crippen LogP) is 2.33. The van der Waals surface area contributed by atoms with E-state index in [1.54, 1.807) is 0 Å². The van der Waals surface area contributed by atoms with Crippen molar-refractivity contribution in [3.8, 4) is 0 Å². The Morgan fingerprint density at radius 3 is 2.50 bits per heavy atom. The largest absolute Gasteiger partial charge is 0.396 e. The van der Waals surface area contributed by atoms with Crippen molar-refractivity contribution in [1.82, 2.24) is 5.32 Å². The molecule has 18 heavy (non-hydrogen) atoms. The minimum absolute atomic E-state index is 0.0745. The molecule has 102 valence electrons. The molecule has 0 saturated heterocycles. The number of aliphatic hydroxyl groups excluding tert-OH is 1. The Morgan fingerprint density at radius 1 is 1.22 bits per heavy atom. The summed E-state index contributed by atoms with van der Waals surface area (Å²) < 4.78 is 5.46. The maximum atomic E-state index is 9.20. The molecule has 0 aliphatic heterocycles. The first kappa shape index (κ1) is 15.2. The fourth-order valence-electron chi connectivity index (χ4n) is 1.67. The first-order valence-electron chi connectivity index (χ1n) is 6.55. The van der Waals surface area contributed by atoms with Crippen LogP contribution >= 0.6 is 0 Å². The highest BCUT2D eigenvalue weighted by molar-refractivity contribution is 5.26. The highest BCUT2D eigenvalue weighted by atomic mass is 16.5. The van der Waals surface area contributed by atoms with Gasteiger partial charge in [0.2, 0.25) is 0 Å². The molecule has 0 unspecified atom stereocenters. The molecule has 0 fully saturated rings. The fraction of sp³-hybridized carbons (Fsp3) is 0.600. The van der Waals surface area contributed by atoms with Crippen molar-refractivity contribution in [1.29, 1.82) is 0 Å². The van der Waals surface area contributed by atoms with E-state index in [9.17, 15) is 5.11 Å². The third kappa shape index (κ3) is 5.17. The molecule has 0 saturated carbocycles. The number of hydrogen-bond acceptors (Lipinski definition) is 3. The average molecular weight is 251 g/mol. The maximum Gasteiger partial charge on any atom is 0.0719 e. The second-order valence-corrected chi connectivity index (χ2v) is 5.33. The zero-order chi connectivity index (χ0) is 13.4.